The predicted octanol–water partition coefficient (Wildman–Crippen LogP) is 3.30. The third kappa shape index (κ3) is 4.27. The fourth-order valence-corrected chi connectivity index (χ4v) is 3.47. The Balaban J connectivity index is 1.97. The molecule has 0 radical (unpaired) electrons. The second-order valence-corrected chi connectivity index (χ2v) is 7.08. The Labute approximate surface area is 120 Å². The van der Waals surface area contributed by atoms with Crippen LogP contribution in [0, 0.1) is 6.92 Å². The Morgan fingerprint density at radius 3 is 2.89 bits per heavy atom. The van der Waals surface area contributed by atoms with Crippen molar-refractivity contribution in [1.29, 1.82) is 0 Å². The zero-order valence-corrected chi connectivity index (χ0v) is 12.9. The van der Waals surface area contributed by atoms with Crippen LogP contribution in [0.2, 0.25) is 0 Å². The number of aryl methyl sites for hydroxylation is 1. The normalized spacial score (nSPS) is 22.5. The second kappa shape index (κ2) is 6.46. The molecule has 19 heavy (non-hydrogen) atoms. The van der Waals surface area contributed by atoms with Gasteiger partial charge >= 0.3 is 0 Å². The van der Waals surface area contributed by atoms with Crippen LogP contribution in [0.1, 0.15) is 38.8 Å². The Hall–Kier alpha value is -0.970. The van der Waals surface area contributed by atoms with Gasteiger partial charge in [0.25, 0.3) is 0 Å². The lowest BCUT2D eigenvalue weighted by Crippen LogP contribution is -2.27. The number of nitrogens with zero attached hydrogens (tertiary/aromatic N) is 2. The molecule has 2 N–H and O–H groups in total. The lowest BCUT2D eigenvalue weighted by atomic mass is 10.1. The van der Waals surface area contributed by atoms with Crippen LogP contribution in [-0.2, 0) is 0 Å². The van der Waals surface area contributed by atoms with Crippen molar-refractivity contribution in [2.75, 3.05) is 29.5 Å². The second-order valence-electron chi connectivity index (χ2n) is 5.40. The minimum atomic E-state index is 0.357. The van der Waals surface area contributed by atoms with E-state index in [-0.39, 0.29) is 0 Å². The summed E-state index contributed by atoms with van der Waals surface area (Å²) >= 11 is 2.06. The smallest absolute Gasteiger partial charge is 0.224 e. The van der Waals surface area contributed by atoms with Gasteiger partial charge in [-0.3, -0.25) is 0 Å². The number of thioether (sulfide) groups is 1. The van der Waals surface area contributed by atoms with Crippen molar-refractivity contribution in [3.63, 3.8) is 0 Å². The first-order valence-corrected chi connectivity index (χ1v) is 8.07. The van der Waals surface area contributed by atoms with Gasteiger partial charge in [-0.15, -0.1) is 0 Å². The molecule has 0 aliphatic carbocycles. The number of hydrogen-bond donors (Lipinski definition) is 2. The number of anilines is 2. The first-order valence-electron chi connectivity index (χ1n) is 7.09. The quantitative estimate of drug-likeness (QED) is 0.837. The van der Waals surface area contributed by atoms with Gasteiger partial charge in [0.2, 0.25) is 5.95 Å². The van der Waals surface area contributed by atoms with Crippen molar-refractivity contribution in [3.8, 4) is 0 Å². The predicted molar refractivity (Wildman–Crippen MR) is 84.1 cm³/mol. The number of aromatic nitrogens is 2. The molecule has 106 valence electrons. The van der Waals surface area contributed by atoms with E-state index in [1.165, 1.54) is 18.6 Å². The molecule has 1 unspecified atom stereocenters. The van der Waals surface area contributed by atoms with Crippen LogP contribution in [0.25, 0.3) is 0 Å². The molecule has 0 amide bonds. The molecule has 1 aliphatic heterocycles. The minimum Gasteiger partial charge on any atom is -0.369 e. The first-order chi connectivity index (χ1) is 9.11. The van der Waals surface area contributed by atoms with Gasteiger partial charge in [0.15, 0.2) is 0 Å². The molecule has 1 fully saturated rings. The van der Waals surface area contributed by atoms with E-state index in [4.69, 9.17) is 0 Å². The summed E-state index contributed by atoms with van der Waals surface area (Å²) < 4.78 is 0.357. The molecule has 0 spiro atoms. The highest BCUT2D eigenvalue weighted by Crippen LogP contribution is 2.37. The van der Waals surface area contributed by atoms with Crippen molar-refractivity contribution in [2.45, 2.75) is 44.8 Å². The maximum Gasteiger partial charge on any atom is 0.224 e. The summed E-state index contributed by atoms with van der Waals surface area (Å²) in [6, 6.07) is 2.01. The molecular weight excluding hydrogens is 256 g/mol. The Bertz CT molecular complexity index is 416. The number of nitrogens with one attached hydrogen (secondary N) is 2. The van der Waals surface area contributed by atoms with Crippen LogP contribution < -0.4 is 10.6 Å². The van der Waals surface area contributed by atoms with Crippen molar-refractivity contribution >= 4 is 23.5 Å². The summed E-state index contributed by atoms with van der Waals surface area (Å²) in [4.78, 5) is 8.92. The van der Waals surface area contributed by atoms with Gasteiger partial charge in [0.1, 0.15) is 5.82 Å². The molecular formula is C14H24N4S. The average molecular weight is 280 g/mol. The maximum atomic E-state index is 4.52. The standard InChI is InChI=1S/C14H24N4S/c1-4-7-15-13-17-11(2)9-12(18-13)16-10-14(3)6-5-8-19-14/h9H,4-8,10H2,1-3H3,(H2,15,16,17,18). The van der Waals surface area contributed by atoms with Crippen LogP contribution in [0.5, 0.6) is 0 Å². The molecule has 4 nitrogen and oxygen atoms in total. The summed E-state index contributed by atoms with van der Waals surface area (Å²) in [6.07, 6.45) is 3.69. The zero-order valence-electron chi connectivity index (χ0n) is 12.1. The third-order valence-electron chi connectivity index (χ3n) is 3.33. The fourth-order valence-electron chi connectivity index (χ4n) is 2.23. The summed E-state index contributed by atoms with van der Waals surface area (Å²) in [6.45, 7) is 8.37. The van der Waals surface area contributed by atoms with Crippen molar-refractivity contribution < 1.29 is 0 Å². The lowest BCUT2D eigenvalue weighted by molar-refractivity contribution is 0.633. The molecule has 0 saturated carbocycles. The van der Waals surface area contributed by atoms with Gasteiger partial charge in [-0.1, -0.05) is 6.92 Å². The molecule has 1 aromatic rings. The number of rotatable bonds is 6. The summed E-state index contributed by atoms with van der Waals surface area (Å²) in [5.74, 6) is 2.94. The third-order valence-corrected chi connectivity index (χ3v) is 4.87. The molecule has 2 heterocycles. The van der Waals surface area contributed by atoms with Gasteiger partial charge in [-0.05, 0) is 38.9 Å². The topological polar surface area (TPSA) is 49.8 Å². The van der Waals surface area contributed by atoms with Crippen LogP contribution in [0.4, 0.5) is 11.8 Å². The van der Waals surface area contributed by atoms with Gasteiger partial charge in [-0.2, -0.15) is 16.7 Å². The Morgan fingerprint density at radius 2 is 2.21 bits per heavy atom. The van der Waals surface area contributed by atoms with Gasteiger partial charge in [0.05, 0.1) is 0 Å². The molecule has 0 aromatic carbocycles. The minimum absolute atomic E-state index is 0.357. The monoisotopic (exact) mass is 280 g/mol. The van der Waals surface area contributed by atoms with Crippen LogP contribution >= 0.6 is 11.8 Å². The highest BCUT2D eigenvalue weighted by Gasteiger charge is 2.29. The molecule has 1 aliphatic rings. The van der Waals surface area contributed by atoms with E-state index in [2.05, 4.69) is 46.2 Å². The van der Waals surface area contributed by atoms with E-state index >= 15 is 0 Å². The first kappa shape index (κ1) is 14.4. The SMILES string of the molecule is CCCNc1nc(C)cc(NCC2(C)CCCS2)n1. The highest BCUT2D eigenvalue weighted by atomic mass is 32.2. The molecule has 1 saturated heterocycles. The van der Waals surface area contributed by atoms with E-state index in [0.29, 0.717) is 4.75 Å². The van der Waals surface area contributed by atoms with E-state index < -0.39 is 0 Å². The molecule has 0 bridgehead atoms. The van der Waals surface area contributed by atoms with E-state index in [0.717, 1.165) is 37.0 Å². The van der Waals surface area contributed by atoms with Gasteiger partial charge < -0.3 is 10.6 Å². The van der Waals surface area contributed by atoms with E-state index in [9.17, 15) is 0 Å². The van der Waals surface area contributed by atoms with Gasteiger partial charge in [0, 0.05) is 29.6 Å². The zero-order chi connectivity index (χ0) is 13.7. The van der Waals surface area contributed by atoms with E-state index in [1.807, 2.05) is 13.0 Å². The van der Waals surface area contributed by atoms with Crippen LogP contribution in [0.15, 0.2) is 6.07 Å². The van der Waals surface area contributed by atoms with Crippen molar-refractivity contribution in [2.24, 2.45) is 0 Å². The van der Waals surface area contributed by atoms with E-state index in [1.54, 1.807) is 0 Å². The summed E-state index contributed by atoms with van der Waals surface area (Å²) in [5.41, 5.74) is 1.00. The fraction of sp³-hybridized carbons (Fsp3) is 0.714. The van der Waals surface area contributed by atoms with Gasteiger partial charge in [-0.25, -0.2) is 4.98 Å². The number of hydrogen-bond acceptors (Lipinski definition) is 5. The lowest BCUT2D eigenvalue weighted by Gasteiger charge is -2.23. The van der Waals surface area contributed by atoms with Crippen LogP contribution in [-0.4, -0.2) is 33.6 Å². The van der Waals surface area contributed by atoms with Crippen LogP contribution in [0.3, 0.4) is 0 Å². The Kier molecular flexibility index (Phi) is 4.91. The highest BCUT2D eigenvalue weighted by molar-refractivity contribution is 8.00. The summed E-state index contributed by atoms with van der Waals surface area (Å²) in [7, 11) is 0. The molecule has 1 aromatic heterocycles. The Morgan fingerprint density at radius 1 is 1.37 bits per heavy atom. The largest absolute Gasteiger partial charge is 0.369 e. The molecule has 2 rings (SSSR count). The molecule has 1 atom stereocenters. The van der Waals surface area contributed by atoms with Crippen molar-refractivity contribution in [1.82, 2.24) is 9.97 Å². The average Bonchev–Trinajstić information content (AvgIpc) is 2.81. The maximum absolute atomic E-state index is 4.52. The van der Waals surface area contributed by atoms with Crippen molar-refractivity contribution in [3.05, 3.63) is 11.8 Å². The summed E-state index contributed by atoms with van der Waals surface area (Å²) in [5, 5.41) is 6.72. The molecule has 5 heteroatoms.